The molecule has 1 aromatic carbocycles. The molecule has 0 amide bonds. The molecule has 0 spiro atoms. The molecule has 0 radical (unpaired) electrons. The minimum absolute atomic E-state index is 0.000986. The molecule has 0 unspecified atom stereocenters. The summed E-state index contributed by atoms with van der Waals surface area (Å²) in [4.78, 5) is 25.4. The number of rotatable bonds is 4. The van der Waals surface area contributed by atoms with Gasteiger partial charge in [-0.05, 0) is 56.7 Å². The van der Waals surface area contributed by atoms with Crippen LogP contribution in [0.25, 0.3) is 5.57 Å². The minimum atomic E-state index is -0.707. The molecule has 2 atom stereocenters. The number of ketones is 1. The van der Waals surface area contributed by atoms with Crippen LogP contribution in [0.1, 0.15) is 61.8 Å². The number of benzene rings is 1. The van der Waals surface area contributed by atoms with Crippen molar-refractivity contribution in [2.75, 3.05) is 6.61 Å². The van der Waals surface area contributed by atoms with E-state index in [1.807, 2.05) is 6.92 Å². The van der Waals surface area contributed by atoms with Crippen molar-refractivity contribution in [2.24, 2.45) is 11.8 Å². The van der Waals surface area contributed by atoms with Crippen LogP contribution in [0.5, 0.6) is 0 Å². The SMILES string of the molecule is CCOC(=O)OC1=C(c2c(C)cc(C)cc2CC)C(=O)[C@H]2CCCC[C@H]12. The summed E-state index contributed by atoms with van der Waals surface area (Å²) < 4.78 is 10.6. The second-order valence-electron chi connectivity index (χ2n) is 7.36. The van der Waals surface area contributed by atoms with Gasteiger partial charge in [0.1, 0.15) is 5.76 Å². The molecule has 0 N–H and O–H groups in total. The molecule has 1 aromatic rings. The third-order valence-electron chi connectivity index (χ3n) is 5.58. The molecule has 2 aliphatic rings. The second kappa shape index (κ2) is 7.65. The highest BCUT2D eigenvalue weighted by atomic mass is 16.7. The van der Waals surface area contributed by atoms with Crippen LogP contribution in [0, 0.1) is 25.7 Å². The average Bonchev–Trinajstić information content (AvgIpc) is 2.87. The summed E-state index contributed by atoms with van der Waals surface area (Å²) in [6.45, 7) is 8.20. The van der Waals surface area contributed by atoms with Gasteiger partial charge in [0.25, 0.3) is 0 Å². The number of allylic oxidation sites excluding steroid dienone is 2. The monoisotopic (exact) mass is 356 g/mol. The highest BCUT2D eigenvalue weighted by molar-refractivity contribution is 6.25. The van der Waals surface area contributed by atoms with Crippen molar-refractivity contribution in [3.63, 3.8) is 0 Å². The Kier molecular flexibility index (Phi) is 5.49. The zero-order chi connectivity index (χ0) is 18.8. The maximum Gasteiger partial charge on any atom is 0.513 e. The van der Waals surface area contributed by atoms with Crippen molar-refractivity contribution in [1.29, 1.82) is 0 Å². The van der Waals surface area contributed by atoms with Gasteiger partial charge in [0, 0.05) is 11.8 Å². The second-order valence-corrected chi connectivity index (χ2v) is 7.36. The van der Waals surface area contributed by atoms with Crippen LogP contribution in [0.3, 0.4) is 0 Å². The van der Waals surface area contributed by atoms with E-state index < -0.39 is 6.16 Å². The van der Waals surface area contributed by atoms with E-state index in [0.717, 1.165) is 48.8 Å². The molecule has 1 saturated carbocycles. The van der Waals surface area contributed by atoms with Gasteiger partial charge in [0.05, 0.1) is 12.2 Å². The summed E-state index contributed by atoms with van der Waals surface area (Å²) in [6, 6.07) is 4.23. The summed E-state index contributed by atoms with van der Waals surface area (Å²) in [5, 5.41) is 0. The van der Waals surface area contributed by atoms with E-state index in [-0.39, 0.29) is 24.2 Å². The van der Waals surface area contributed by atoms with Crippen molar-refractivity contribution in [3.8, 4) is 0 Å². The summed E-state index contributed by atoms with van der Waals surface area (Å²) in [5.74, 6) is 0.616. The molecule has 3 rings (SSSR count). The molecule has 4 heteroatoms. The first kappa shape index (κ1) is 18.7. The van der Waals surface area contributed by atoms with Gasteiger partial charge >= 0.3 is 6.16 Å². The smallest absolute Gasteiger partial charge is 0.434 e. The Morgan fingerprint density at radius 1 is 1.12 bits per heavy atom. The Morgan fingerprint density at radius 2 is 1.81 bits per heavy atom. The fourth-order valence-corrected chi connectivity index (χ4v) is 4.55. The highest BCUT2D eigenvalue weighted by Crippen LogP contribution is 2.48. The third kappa shape index (κ3) is 3.29. The summed E-state index contributed by atoms with van der Waals surface area (Å²) in [5.41, 5.74) is 4.95. The lowest BCUT2D eigenvalue weighted by atomic mass is 9.80. The number of hydrogen-bond donors (Lipinski definition) is 0. The topological polar surface area (TPSA) is 52.6 Å². The number of carbonyl (C=O) groups is 2. The van der Waals surface area contributed by atoms with Crippen LogP contribution < -0.4 is 0 Å². The Hall–Kier alpha value is -2.10. The molecular weight excluding hydrogens is 328 g/mol. The Balaban J connectivity index is 2.15. The molecule has 0 heterocycles. The average molecular weight is 356 g/mol. The fraction of sp³-hybridized carbons (Fsp3) is 0.545. The standard InChI is InChI=1S/C22H28O4/c1-5-15-12-13(3)11-14(4)18(15)19-20(23)16-9-7-8-10-17(16)21(19)26-22(24)25-6-2/h11-12,16-17H,5-10H2,1-4H3/t16-,17-/m0/s1. The molecule has 0 aromatic heterocycles. The van der Waals surface area contributed by atoms with Crippen molar-refractivity contribution in [1.82, 2.24) is 0 Å². The highest BCUT2D eigenvalue weighted by Gasteiger charge is 2.46. The van der Waals surface area contributed by atoms with Crippen LogP contribution in [-0.4, -0.2) is 18.5 Å². The van der Waals surface area contributed by atoms with Crippen molar-refractivity contribution in [3.05, 3.63) is 40.1 Å². The number of hydrogen-bond acceptors (Lipinski definition) is 4. The minimum Gasteiger partial charge on any atom is -0.434 e. The summed E-state index contributed by atoms with van der Waals surface area (Å²) in [6.07, 6.45) is 4.00. The summed E-state index contributed by atoms with van der Waals surface area (Å²) in [7, 11) is 0. The molecule has 0 saturated heterocycles. The van der Waals surface area contributed by atoms with Gasteiger partial charge in [-0.1, -0.05) is 37.5 Å². The molecule has 4 nitrogen and oxygen atoms in total. The fourth-order valence-electron chi connectivity index (χ4n) is 4.55. The molecule has 0 aliphatic heterocycles. The predicted octanol–water partition coefficient (Wildman–Crippen LogP) is 5.14. The third-order valence-corrected chi connectivity index (χ3v) is 5.58. The first-order valence-electron chi connectivity index (χ1n) is 9.71. The van der Waals surface area contributed by atoms with Crippen LogP contribution in [0.15, 0.2) is 17.9 Å². The lowest BCUT2D eigenvalue weighted by Gasteiger charge is -2.25. The van der Waals surface area contributed by atoms with Crippen LogP contribution in [-0.2, 0) is 20.7 Å². The maximum absolute atomic E-state index is 13.3. The van der Waals surface area contributed by atoms with Crippen LogP contribution >= 0.6 is 0 Å². The van der Waals surface area contributed by atoms with Gasteiger partial charge in [0.2, 0.25) is 0 Å². The lowest BCUT2D eigenvalue weighted by molar-refractivity contribution is -0.118. The first-order valence-corrected chi connectivity index (χ1v) is 9.71. The predicted molar refractivity (Wildman–Crippen MR) is 101 cm³/mol. The Morgan fingerprint density at radius 3 is 2.46 bits per heavy atom. The maximum atomic E-state index is 13.3. The van der Waals surface area contributed by atoms with E-state index in [2.05, 4.69) is 26.0 Å². The van der Waals surface area contributed by atoms with Gasteiger partial charge in [0.15, 0.2) is 5.78 Å². The van der Waals surface area contributed by atoms with Gasteiger partial charge in [-0.15, -0.1) is 0 Å². The Bertz CT molecular complexity index is 760. The molecule has 0 bridgehead atoms. The van der Waals surface area contributed by atoms with E-state index in [9.17, 15) is 9.59 Å². The van der Waals surface area contributed by atoms with E-state index in [1.54, 1.807) is 6.92 Å². The molecular formula is C22H28O4. The zero-order valence-corrected chi connectivity index (χ0v) is 16.2. The number of ether oxygens (including phenoxy) is 2. The van der Waals surface area contributed by atoms with Crippen molar-refractivity contribution >= 4 is 17.5 Å². The normalized spacial score (nSPS) is 22.4. The number of Topliss-reactive ketones (excluding diaryl/α,β-unsaturated/α-hetero) is 1. The quantitative estimate of drug-likeness (QED) is 0.701. The molecule has 140 valence electrons. The largest absolute Gasteiger partial charge is 0.513 e. The molecule has 26 heavy (non-hydrogen) atoms. The van der Waals surface area contributed by atoms with Crippen molar-refractivity contribution in [2.45, 2.75) is 59.8 Å². The molecule has 2 aliphatic carbocycles. The van der Waals surface area contributed by atoms with Crippen LogP contribution in [0.2, 0.25) is 0 Å². The Labute approximate surface area is 155 Å². The van der Waals surface area contributed by atoms with E-state index in [4.69, 9.17) is 9.47 Å². The van der Waals surface area contributed by atoms with E-state index in [0.29, 0.717) is 11.3 Å². The van der Waals surface area contributed by atoms with Crippen molar-refractivity contribution < 1.29 is 19.1 Å². The number of carbonyl (C=O) groups excluding carboxylic acids is 2. The lowest BCUT2D eigenvalue weighted by Crippen LogP contribution is -2.23. The first-order chi connectivity index (χ1) is 12.5. The van der Waals surface area contributed by atoms with Gasteiger partial charge in [-0.3, -0.25) is 4.79 Å². The van der Waals surface area contributed by atoms with E-state index in [1.165, 1.54) is 5.56 Å². The van der Waals surface area contributed by atoms with Gasteiger partial charge < -0.3 is 9.47 Å². The van der Waals surface area contributed by atoms with Gasteiger partial charge in [-0.25, -0.2) is 4.79 Å². The number of fused-ring (bicyclic) bond motifs is 1. The number of aryl methyl sites for hydroxylation is 3. The summed E-state index contributed by atoms with van der Waals surface area (Å²) >= 11 is 0. The van der Waals surface area contributed by atoms with Gasteiger partial charge in [-0.2, -0.15) is 0 Å². The van der Waals surface area contributed by atoms with Crippen LogP contribution in [0.4, 0.5) is 4.79 Å². The van der Waals surface area contributed by atoms with E-state index >= 15 is 0 Å². The molecule has 1 fully saturated rings. The zero-order valence-electron chi connectivity index (χ0n) is 16.2.